The molecule has 3 N–H and O–H groups in total. The molecule has 0 aromatic heterocycles. The van der Waals surface area contributed by atoms with Gasteiger partial charge in [-0.2, -0.15) is 0 Å². The van der Waals surface area contributed by atoms with Gasteiger partial charge in [-0.15, -0.1) is 0 Å². The maximum absolute atomic E-state index is 11.4. The third-order valence-electron chi connectivity index (χ3n) is 2.41. The number of hydrogen-bond acceptors (Lipinski definition) is 4. The average molecular weight is 300 g/mol. The van der Waals surface area contributed by atoms with Crippen LogP contribution in [0.25, 0.3) is 0 Å². The Hall–Kier alpha value is -2.09. The summed E-state index contributed by atoms with van der Waals surface area (Å²) in [5.41, 5.74) is 0.916. The van der Waals surface area contributed by atoms with E-state index in [2.05, 4.69) is 10.6 Å². The molecule has 0 fully saturated rings. The second kappa shape index (κ2) is 6.90. The van der Waals surface area contributed by atoms with Crippen molar-refractivity contribution in [2.24, 2.45) is 0 Å². The number of carboxylic acids is 1. The summed E-state index contributed by atoms with van der Waals surface area (Å²) in [5, 5.41) is 13.7. The fourth-order valence-corrected chi connectivity index (χ4v) is 1.83. The Morgan fingerprint density at radius 3 is 2.25 bits per heavy atom. The predicted octanol–water partition coefficient (Wildman–Crippen LogP) is 0.229. The number of urea groups is 1. The smallest absolute Gasteiger partial charge is 0.335 e. The standard InChI is InChI=1S/C12H16N2O5S/c1-20(18,19)7-6-13-12(17)14-8-9-2-4-10(5-3-9)11(15)16/h2-5H,6-8H2,1H3,(H,15,16)(H2,13,14,17). The summed E-state index contributed by atoms with van der Waals surface area (Å²) in [6, 6.07) is 5.61. The molecular weight excluding hydrogens is 284 g/mol. The van der Waals surface area contributed by atoms with Crippen molar-refractivity contribution in [3.63, 3.8) is 0 Å². The highest BCUT2D eigenvalue weighted by Gasteiger charge is 2.05. The van der Waals surface area contributed by atoms with E-state index >= 15 is 0 Å². The highest BCUT2D eigenvalue weighted by atomic mass is 32.2. The van der Waals surface area contributed by atoms with Gasteiger partial charge in [-0.25, -0.2) is 18.0 Å². The number of amides is 2. The van der Waals surface area contributed by atoms with Crippen molar-refractivity contribution in [2.45, 2.75) is 6.54 Å². The van der Waals surface area contributed by atoms with E-state index in [9.17, 15) is 18.0 Å². The molecule has 0 saturated heterocycles. The highest BCUT2D eigenvalue weighted by Crippen LogP contribution is 2.03. The van der Waals surface area contributed by atoms with Crippen molar-refractivity contribution in [1.29, 1.82) is 0 Å². The minimum atomic E-state index is -3.10. The molecule has 1 aromatic carbocycles. The molecule has 0 aliphatic rings. The van der Waals surface area contributed by atoms with Crippen LogP contribution in [0.5, 0.6) is 0 Å². The number of sulfone groups is 1. The van der Waals surface area contributed by atoms with Gasteiger partial charge in [-0.1, -0.05) is 12.1 Å². The largest absolute Gasteiger partial charge is 0.478 e. The van der Waals surface area contributed by atoms with Crippen molar-refractivity contribution in [3.05, 3.63) is 35.4 Å². The van der Waals surface area contributed by atoms with E-state index in [0.29, 0.717) is 0 Å². The molecule has 0 atom stereocenters. The molecule has 1 rings (SSSR count). The van der Waals surface area contributed by atoms with E-state index in [1.54, 1.807) is 12.1 Å². The summed E-state index contributed by atoms with van der Waals surface area (Å²) < 4.78 is 21.7. The Morgan fingerprint density at radius 2 is 1.75 bits per heavy atom. The molecule has 1 aromatic rings. The van der Waals surface area contributed by atoms with Gasteiger partial charge in [-0.3, -0.25) is 0 Å². The van der Waals surface area contributed by atoms with Gasteiger partial charge in [0.25, 0.3) is 0 Å². The molecule has 7 nitrogen and oxygen atoms in total. The molecule has 0 spiro atoms. The average Bonchev–Trinajstić information content (AvgIpc) is 2.35. The number of carbonyl (C=O) groups is 2. The van der Waals surface area contributed by atoms with Crippen molar-refractivity contribution < 1.29 is 23.1 Å². The van der Waals surface area contributed by atoms with Gasteiger partial charge < -0.3 is 15.7 Å². The molecule has 0 radical (unpaired) electrons. The maximum atomic E-state index is 11.4. The van der Waals surface area contributed by atoms with E-state index in [-0.39, 0.29) is 24.4 Å². The molecule has 2 amide bonds. The SMILES string of the molecule is CS(=O)(=O)CCNC(=O)NCc1ccc(C(=O)O)cc1. The minimum absolute atomic E-state index is 0.0443. The second-order valence-corrected chi connectivity index (χ2v) is 6.50. The number of rotatable bonds is 6. The quantitative estimate of drug-likeness (QED) is 0.696. The van der Waals surface area contributed by atoms with Crippen LogP contribution >= 0.6 is 0 Å². The summed E-state index contributed by atoms with van der Waals surface area (Å²) in [7, 11) is -3.10. The first-order valence-corrected chi connectivity index (χ1v) is 7.85. The van der Waals surface area contributed by atoms with E-state index in [4.69, 9.17) is 5.11 Å². The first-order chi connectivity index (χ1) is 9.28. The zero-order valence-electron chi connectivity index (χ0n) is 10.9. The van der Waals surface area contributed by atoms with Crippen molar-refractivity contribution in [3.8, 4) is 0 Å². The molecular formula is C12H16N2O5S. The molecule has 0 saturated carbocycles. The Kier molecular flexibility index (Phi) is 5.51. The van der Waals surface area contributed by atoms with Crippen LogP contribution in [0.2, 0.25) is 0 Å². The van der Waals surface area contributed by atoms with Crippen LogP contribution < -0.4 is 10.6 Å². The molecule has 0 aliphatic heterocycles. The van der Waals surface area contributed by atoms with Gasteiger partial charge in [-0.05, 0) is 17.7 Å². The number of hydrogen-bond donors (Lipinski definition) is 3. The van der Waals surface area contributed by atoms with E-state index < -0.39 is 21.8 Å². The van der Waals surface area contributed by atoms with E-state index in [1.807, 2.05) is 0 Å². The topological polar surface area (TPSA) is 113 Å². The summed E-state index contributed by atoms with van der Waals surface area (Å²) in [5.74, 6) is -1.13. The Morgan fingerprint density at radius 1 is 1.15 bits per heavy atom. The molecule has 8 heteroatoms. The predicted molar refractivity (Wildman–Crippen MR) is 73.4 cm³/mol. The monoisotopic (exact) mass is 300 g/mol. The van der Waals surface area contributed by atoms with Gasteiger partial charge in [0.15, 0.2) is 0 Å². The summed E-state index contributed by atoms with van der Waals surface area (Å²) >= 11 is 0. The number of aromatic carboxylic acids is 1. The fraction of sp³-hybridized carbons (Fsp3) is 0.333. The number of benzene rings is 1. The van der Waals surface area contributed by atoms with Crippen LogP contribution in [0, 0.1) is 0 Å². The van der Waals surface area contributed by atoms with Crippen LogP contribution in [0.1, 0.15) is 15.9 Å². The van der Waals surface area contributed by atoms with Gasteiger partial charge >= 0.3 is 12.0 Å². The highest BCUT2D eigenvalue weighted by molar-refractivity contribution is 7.90. The number of carbonyl (C=O) groups excluding carboxylic acids is 1. The molecule has 110 valence electrons. The lowest BCUT2D eigenvalue weighted by Crippen LogP contribution is -2.37. The van der Waals surface area contributed by atoms with Gasteiger partial charge in [0.1, 0.15) is 9.84 Å². The Balaban J connectivity index is 2.35. The molecule has 0 bridgehead atoms. The van der Waals surface area contributed by atoms with E-state index in [0.717, 1.165) is 11.8 Å². The summed E-state index contributed by atoms with van der Waals surface area (Å²) in [4.78, 5) is 22.0. The zero-order chi connectivity index (χ0) is 15.2. The van der Waals surface area contributed by atoms with Crippen LogP contribution in [0.15, 0.2) is 24.3 Å². The third-order valence-corrected chi connectivity index (χ3v) is 3.36. The molecule has 0 aliphatic carbocycles. The third kappa shape index (κ3) is 6.19. The lowest BCUT2D eigenvalue weighted by Gasteiger charge is -2.07. The molecule has 0 unspecified atom stereocenters. The lowest BCUT2D eigenvalue weighted by molar-refractivity contribution is 0.0697. The molecule has 20 heavy (non-hydrogen) atoms. The van der Waals surface area contributed by atoms with E-state index in [1.165, 1.54) is 12.1 Å². The van der Waals surface area contributed by atoms with Crippen molar-refractivity contribution in [2.75, 3.05) is 18.6 Å². The number of nitrogens with one attached hydrogen (secondary N) is 2. The van der Waals surface area contributed by atoms with Crippen molar-refractivity contribution >= 4 is 21.8 Å². The van der Waals surface area contributed by atoms with Gasteiger partial charge in [0, 0.05) is 19.3 Å². The van der Waals surface area contributed by atoms with Crippen LogP contribution in [0.3, 0.4) is 0 Å². The molecule has 0 heterocycles. The first-order valence-electron chi connectivity index (χ1n) is 5.79. The van der Waals surface area contributed by atoms with Crippen LogP contribution in [0.4, 0.5) is 4.79 Å². The Bertz CT molecular complexity index is 580. The Labute approximate surface area is 116 Å². The van der Waals surface area contributed by atoms with Gasteiger partial charge in [0.2, 0.25) is 0 Å². The second-order valence-electron chi connectivity index (χ2n) is 4.24. The zero-order valence-corrected chi connectivity index (χ0v) is 11.7. The lowest BCUT2D eigenvalue weighted by atomic mass is 10.1. The maximum Gasteiger partial charge on any atom is 0.335 e. The van der Waals surface area contributed by atoms with Crippen LogP contribution in [-0.2, 0) is 16.4 Å². The van der Waals surface area contributed by atoms with Gasteiger partial charge in [0.05, 0.1) is 11.3 Å². The number of carboxylic acid groups (broad SMARTS) is 1. The first kappa shape index (κ1) is 16.0. The summed E-state index contributed by atoms with van der Waals surface area (Å²) in [6.07, 6.45) is 1.09. The minimum Gasteiger partial charge on any atom is -0.478 e. The van der Waals surface area contributed by atoms with Crippen LogP contribution in [-0.4, -0.2) is 44.1 Å². The summed E-state index contributed by atoms with van der Waals surface area (Å²) in [6.45, 7) is 0.271. The fourth-order valence-electron chi connectivity index (χ4n) is 1.36. The normalized spacial score (nSPS) is 10.8. The van der Waals surface area contributed by atoms with Crippen molar-refractivity contribution in [1.82, 2.24) is 10.6 Å².